The lowest BCUT2D eigenvalue weighted by molar-refractivity contribution is -0.121. The van der Waals surface area contributed by atoms with Crippen molar-refractivity contribution in [3.05, 3.63) is 21.9 Å². The van der Waals surface area contributed by atoms with Crippen LogP contribution in [0.5, 0.6) is 0 Å². The molecule has 1 aromatic rings. The first-order valence-electron chi connectivity index (χ1n) is 6.06. The first-order valence-corrected chi connectivity index (χ1v) is 6.87. The molecule has 1 heterocycles. The van der Waals surface area contributed by atoms with Gasteiger partial charge in [-0.1, -0.05) is 13.8 Å². The molecule has 0 aliphatic rings. The molecule has 1 aromatic heterocycles. The van der Waals surface area contributed by atoms with Gasteiger partial charge in [0.1, 0.15) is 0 Å². The molecule has 0 saturated carbocycles. The molecule has 0 aromatic carbocycles. The Morgan fingerprint density at radius 3 is 2.56 bits per heavy atom. The van der Waals surface area contributed by atoms with Crippen LogP contribution in [-0.2, 0) is 11.2 Å². The highest BCUT2D eigenvalue weighted by Crippen LogP contribution is 2.15. The van der Waals surface area contributed by atoms with E-state index in [0.29, 0.717) is 18.9 Å². The minimum Gasteiger partial charge on any atom is -0.352 e. The summed E-state index contributed by atoms with van der Waals surface area (Å²) in [6.07, 6.45) is 1.40. The summed E-state index contributed by atoms with van der Waals surface area (Å²) in [5, 5.41) is 3.00. The number of halogens is 1. The van der Waals surface area contributed by atoms with Gasteiger partial charge in [0.05, 0.1) is 6.42 Å². The summed E-state index contributed by atoms with van der Waals surface area (Å²) in [7, 11) is 0. The van der Waals surface area contributed by atoms with E-state index in [4.69, 9.17) is 5.73 Å². The zero-order valence-electron chi connectivity index (χ0n) is 11.2. The fourth-order valence-corrected chi connectivity index (χ4v) is 2.69. The van der Waals surface area contributed by atoms with Crippen LogP contribution in [0.15, 0.2) is 12.1 Å². The number of aryl methyl sites for hydroxylation is 1. The first kappa shape index (κ1) is 17.4. The number of thiophene rings is 1. The van der Waals surface area contributed by atoms with Crippen LogP contribution in [0.25, 0.3) is 0 Å². The van der Waals surface area contributed by atoms with Crippen LogP contribution in [0.3, 0.4) is 0 Å². The number of amides is 1. The summed E-state index contributed by atoms with van der Waals surface area (Å²) in [6, 6.07) is 4.16. The maximum absolute atomic E-state index is 11.8. The molecule has 104 valence electrons. The molecule has 0 fully saturated rings. The number of carbonyl (C=O) groups is 1. The molecule has 1 amide bonds. The van der Waals surface area contributed by atoms with Gasteiger partial charge in [-0.3, -0.25) is 4.79 Å². The monoisotopic (exact) mass is 290 g/mol. The fourth-order valence-electron chi connectivity index (χ4n) is 1.80. The second-order valence-corrected chi connectivity index (χ2v) is 6.19. The number of nitrogens with one attached hydrogen (secondary N) is 1. The molecule has 18 heavy (non-hydrogen) atoms. The number of nitrogens with two attached hydrogens (primary N) is 1. The Bertz CT molecular complexity index is 366. The van der Waals surface area contributed by atoms with Gasteiger partial charge in [0, 0.05) is 22.3 Å². The third kappa shape index (κ3) is 6.38. The normalized spacial score (nSPS) is 12.1. The number of rotatable bonds is 6. The third-order valence-electron chi connectivity index (χ3n) is 2.54. The van der Waals surface area contributed by atoms with Crippen molar-refractivity contribution < 1.29 is 4.79 Å². The fraction of sp³-hybridized carbons (Fsp3) is 0.615. The van der Waals surface area contributed by atoms with Crippen molar-refractivity contribution in [2.24, 2.45) is 11.7 Å². The maximum atomic E-state index is 11.8. The highest BCUT2D eigenvalue weighted by atomic mass is 35.5. The average Bonchev–Trinajstić information content (AvgIpc) is 2.62. The van der Waals surface area contributed by atoms with Crippen LogP contribution in [0.1, 0.15) is 30.0 Å². The smallest absolute Gasteiger partial charge is 0.225 e. The van der Waals surface area contributed by atoms with Crippen molar-refractivity contribution >= 4 is 29.7 Å². The Morgan fingerprint density at radius 2 is 2.11 bits per heavy atom. The maximum Gasteiger partial charge on any atom is 0.225 e. The zero-order chi connectivity index (χ0) is 12.8. The molecular weight excluding hydrogens is 268 g/mol. The van der Waals surface area contributed by atoms with Gasteiger partial charge in [-0.15, -0.1) is 23.7 Å². The van der Waals surface area contributed by atoms with Crippen LogP contribution >= 0.6 is 23.7 Å². The van der Waals surface area contributed by atoms with Gasteiger partial charge in [0.2, 0.25) is 5.91 Å². The first-order chi connectivity index (χ1) is 8.01. The Hall–Kier alpha value is -0.580. The summed E-state index contributed by atoms with van der Waals surface area (Å²) in [6.45, 7) is 6.83. The van der Waals surface area contributed by atoms with Gasteiger partial charge in [-0.25, -0.2) is 0 Å². The molecule has 5 heteroatoms. The standard InChI is InChI=1S/C13H22N2OS.ClH/c1-9(2)6-11(8-14)15-13(16)7-12-5-4-10(3)17-12;/h4-5,9,11H,6-8,14H2,1-3H3,(H,15,16);1H. The Kier molecular flexibility index (Phi) is 8.24. The zero-order valence-corrected chi connectivity index (χ0v) is 12.9. The molecule has 3 N–H and O–H groups in total. The van der Waals surface area contributed by atoms with Gasteiger partial charge in [-0.2, -0.15) is 0 Å². The van der Waals surface area contributed by atoms with Crippen molar-refractivity contribution in [1.29, 1.82) is 0 Å². The second-order valence-electron chi connectivity index (χ2n) is 4.82. The topological polar surface area (TPSA) is 55.1 Å². The lowest BCUT2D eigenvalue weighted by Crippen LogP contribution is -2.41. The van der Waals surface area contributed by atoms with Crippen molar-refractivity contribution in [2.75, 3.05) is 6.54 Å². The average molecular weight is 291 g/mol. The van der Waals surface area contributed by atoms with E-state index in [-0.39, 0.29) is 24.4 Å². The molecule has 1 atom stereocenters. The van der Waals surface area contributed by atoms with Crippen molar-refractivity contribution in [1.82, 2.24) is 5.32 Å². The lowest BCUT2D eigenvalue weighted by atomic mass is 10.0. The highest BCUT2D eigenvalue weighted by Gasteiger charge is 2.13. The molecule has 0 aliphatic heterocycles. The predicted octanol–water partition coefficient (Wildman–Crippen LogP) is 2.51. The van der Waals surface area contributed by atoms with E-state index in [0.717, 1.165) is 11.3 Å². The molecule has 1 rings (SSSR count). The van der Waals surface area contributed by atoms with E-state index in [1.54, 1.807) is 11.3 Å². The SMILES string of the molecule is Cc1ccc(CC(=O)NC(CN)CC(C)C)s1.Cl. The molecule has 3 nitrogen and oxygen atoms in total. The summed E-state index contributed by atoms with van der Waals surface area (Å²) in [5.41, 5.74) is 5.65. The lowest BCUT2D eigenvalue weighted by Gasteiger charge is -2.18. The van der Waals surface area contributed by atoms with Crippen LogP contribution < -0.4 is 11.1 Å². The number of hydrogen-bond donors (Lipinski definition) is 2. The van der Waals surface area contributed by atoms with Gasteiger partial charge < -0.3 is 11.1 Å². The largest absolute Gasteiger partial charge is 0.352 e. The summed E-state index contributed by atoms with van der Waals surface area (Å²) in [5.74, 6) is 0.621. The molecular formula is C13H23ClN2OS. The predicted molar refractivity (Wildman–Crippen MR) is 80.4 cm³/mol. The third-order valence-corrected chi connectivity index (χ3v) is 3.54. The van der Waals surface area contributed by atoms with Gasteiger partial charge in [-0.05, 0) is 31.4 Å². The van der Waals surface area contributed by atoms with Gasteiger partial charge >= 0.3 is 0 Å². The minimum absolute atomic E-state index is 0. The van der Waals surface area contributed by atoms with Crippen molar-refractivity contribution in [3.8, 4) is 0 Å². The van der Waals surface area contributed by atoms with E-state index in [1.807, 2.05) is 19.1 Å². The van der Waals surface area contributed by atoms with E-state index in [9.17, 15) is 4.79 Å². The van der Waals surface area contributed by atoms with Crippen LogP contribution in [0.4, 0.5) is 0 Å². The molecule has 0 bridgehead atoms. The summed E-state index contributed by atoms with van der Waals surface area (Å²) >= 11 is 1.67. The second kappa shape index (κ2) is 8.51. The van der Waals surface area contributed by atoms with Crippen LogP contribution in [0.2, 0.25) is 0 Å². The van der Waals surface area contributed by atoms with E-state index in [1.165, 1.54) is 4.88 Å². The number of carbonyl (C=O) groups excluding carboxylic acids is 1. The molecule has 0 radical (unpaired) electrons. The summed E-state index contributed by atoms with van der Waals surface area (Å²) in [4.78, 5) is 14.2. The van der Waals surface area contributed by atoms with Gasteiger partial charge in [0.15, 0.2) is 0 Å². The van der Waals surface area contributed by atoms with Gasteiger partial charge in [0.25, 0.3) is 0 Å². The quantitative estimate of drug-likeness (QED) is 0.846. The molecule has 0 spiro atoms. The Labute approximate surface area is 120 Å². The Morgan fingerprint density at radius 1 is 1.44 bits per heavy atom. The minimum atomic E-state index is 0. The molecule has 1 unspecified atom stereocenters. The Balaban J connectivity index is 0.00000289. The number of hydrogen-bond acceptors (Lipinski definition) is 3. The molecule has 0 saturated heterocycles. The van der Waals surface area contributed by atoms with E-state index in [2.05, 4.69) is 19.2 Å². The van der Waals surface area contributed by atoms with Crippen molar-refractivity contribution in [3.63, 3.8) is 0 Å². The summed E-state index contributed by atoms with van der Waals surface area (Å²) < 4.78 is 0. The van der Waals surface area contributed by atoms with Crippen molar-refractivity contribution in [2.45, 2.75) is 39.7 Å². The van der Waals surface area contributed by atoms with Crippen LogP contribution in [-0.4, -0.2) is 18.5 Å². The highest BCUT2D eigenvalue weighted by molar-refractivity contribution is 7.12. The van der Waals surface area contributed by atoms with E-state index >= 15 is 0 Å². The van der Waals surface area contributed by atoms with Crippen LogP contribution in [0, 0.1) is 12.8 Å². The molecule has 0 aliphatic carbocycles. The van der Waals surface area contributed by atoms with E-state index < -0.39 is 0 Å².